The molecular weight excluding hydrogens is 291 g/mol. The summed E-state index contributed by atoms with van der Waals surface area (Å²) in [7, 11) is 0. The minimum absolute atomic E-state index is 0.213. The Labute approximate surface area is 138 Å². The lowest BCUT2D eigenvalue weighted by Gasteiger charge is -2.19. The Hall–Kier alpha value is -1.45. The maximum Gasteiger partial charge on any atom is 0.123 e. The predicted molar refractivity (Wildman–Crippen MR) is 91.5 cm³/mol. The second-order valence-electron chi connectivity index (χ2n) is 6.62. The Morgan fingerprint density at radius 3 is 2.65 bits per heavy atom. The number of hydrogen-bond donors (Lipinski definition) is 2. The van der Waals surface area contributed by atoms with Gasteiger partial charge in [0.25, 0.3) is 0 Å². The highest BCUT2D eigenvalue weighted by Gasteiger charge is 2.34. The standard InChI is InChI=1S/C20H27FO2/c1-14-13-20(23)19(15(14)2)12-11-18(22)6-4-3-5-16-7-9-17(21)10-8-16/h4,6-10,15,18-20,22-23H,1,3,5,11-13H2,2H3. The minimum atomic E-state index is -0.475. The number of benzene rings is 1. The van der Waals surface area contributed by atoms with E-state index in [9.17, 15) is 14.6 Å². The van der Waals surface area contributed by atoms with Gasteiger partial charge in [0.15, 0.2) is 0 Å². The van der Waals surface area contributed by atoms with Crippen LogP contribution in [0.5, 0.6) is 0 Å². The van der Waals surface area contributed by atoms with Crippen molar-refractivity contribution in [3.05, 3.63) is 60.0 Å². The highest BCUT2D eigenvalue weighted by atomic mass is 19.1. The molecular formula is C20H27FO2. The van der Waals surface area contributed by atoms with Crippen LogP contribution in [0.3, 0.4) is 0 Å². The molecule has 2 rings (SSSR count). The molecule has 0 radical (unpaired) electrons. The van der Waals surface area contributed by atoms with Gasteiger partial charge in [-0.25, -0.2) is 4.39 Å². The zero-order valence-corrected chi connectivity index (χ0v) is 13.8. The van der Waals surface area contributed by atoms with Crippen LogP contribution in [0.2, 0.25) is 0 Å². The van der Waals surface area contributed by atoms with Crippen LogP contribution in [-0.2, 0) is 6.42 Å². The molecule has 1 aliphatic rings. The van der Waals surface area contributed by atoms with E-state index < -0.39 is 6.10 Å². The predicted octanol–water partition coefficient (Wildman–Crippen LogP) is 4.03. The summed E-state index contributed by atoms with van der Waals surface area (Å²) in [5.41, 5.74) is 2.21. The molecule has 4 atom stereocenters. The van der Waals surface area contributed by atoms with Crippen molar-refractivity contribution in [3.8, 4) is 0 Å². The van der Waals surface area contributed by atoms with Crippen LogP contribution in [0.25, 0.3) is 0 Å². The van der Waals surface area contributed by atoms with Crippen LogP contribution in [0.15, 0.2) is 48.6 Å². The van der Waals surface area contributed by atoms with E-state index in [0.29, 0.717) is 18.8 Å². The van der Waals surface area contributed by atoms with E-state index in [-0.39, 0.29) is 17.8 Å². The van der Waals surface area contributed by atoms with E-state index in [0.717, 1.165) is 30.4 Å². The van der Waals surface area contributed by atoms with Crippen LogP contribution in [0.1, 0.15) is 38.2 Å². The lowest BCUT2D eigenvalue weighted by molar-refractivity contribution is 0.102. The summed E-state index contributed by atoms with van der Waals surface area (Å²) in [4.78, 5) is 0. The first kappa shape index (κ1) is 17.9. The zero-order valence-electron chi connectivity index (χ0n) is 13.8. The monoisotopic (exact) mass is 318 g/mol. The molecule has 0 aliphatic heterocycles. The number of allylic oxidation sites excluding steroid dienone is 1. The lowest BCUT2D eigenvalue weighted by atomic mass is 9.89. The van der Waals surface area contributed by atoms with E-state index in [1.807, 2.05) is 12.2 Å². The third kappa shape index (κ3) is 5.29. The molecule has 0 amide bonds. The van der Waals surface area contributed by atoms with Crippen molar-refractivity contribution < 1.29 is 14.6 Å². The average molecular weight is 318 g/mol. The van der Waals surface area contributed by atoms with Gasteiger partial charge in [-0.3, -0.25) is 0 Å². The Morgan fingerprint density at radius 2 is 2.04 bits per heavy atom. The van der Waals surface area contributed by atoms with E-state index in [1.165, 1.54) is 12.1 Å². The van der Waals surface area contributed by atoms with E-state index >= 15 is 0 Å². The Morgan fingerprint density at radius 1 is 1.35 bits per heavy atom. The molecule has 0 saturated heterocycles. The van der Waals surface area contributed by atoms with Gasteiger partial charge in [-0.15, -0.1) is 0 Å². The molecule has 0 aromatic heterocycles. The smallest absolute Gasteiger partial charge is 0.123 e. The molecule has 2 nitrogen and oxygen atoms in total. The largest absolute Gasteiger partial charge is 0.392 e. The Balaban J connectivity index is 1.69. The van der Waals surface area contributed by atoms with Crippen molar-refractivity contribution in [2.75, 3.05) is 0 Å². The minimum Gasteiger partial charge on any atom is -0.392 e. The molecule has 1 aliphatic carbocycles. The van der Waals surface area contributed by atoms with Crippen molar-refractivity contribution >= 4 is 0 Å². The molecule has 1 fully saturated rings. The summed E-state index contributed by atoms with van der Waals surface area (Å²) in [5.74, 6) is 0.329. The van der Waals surface area contributed by atoms with Crippen molar-refractivity contribution in [1.82, 2.24) is 0 Å². The molecule has 4 unspecified atom stereocenters. The summed E-state index contributed by atoms with van der Waals surface area (Å²) < 4.78 is 12.8. The Bertz CT molecular complexity index is 535. The van der Waals surface area contributed by atoms with Crippen LogP contribution >= 0.6 is 0 Å². The summed E-state index contributed by atoms with van der Waals surface area (Å²) >= 11 is 0. The number of rotatable bonds is 7. The number of aliphatic hydroxyl groups is 2. The fraction of sp³-hybridized carbons (Fsp3) is 0.500. The first-order valence-corrected chi connectivity index (χ1v) is 8.42. The highest BCUT2D eigenvalue weighted by Crippen LogP contribution is 2.38. The Kier molecular flexibility index (Phi) is 6.55. The van der Waals surface area contributed by atoms with E-state index in [2.05, 4.69) is 13.5 Å². The van der Waals surface area contributed by atoms with Crippen LogP contribution in [0.4, 0.5) is 4.39 Å². The zero-order chi connectivity index (χ0) is 16.8. The number of halogens is 1. The molecule has 0 heterocycles. The van der Waals surface area contributed by atoms with Crippen LogP contribution in [-0.4, -0.2) is 22.4 Å². The van der Waals surface area contributed by atoms with Gasteiger partial charge in [-0.05, 0) is 61.6 Å². The van der Waals surface area contributed by atoms with Crippen LogP contribution in [0, 0.1) is 17.7 Å². The van der Waals surface area contributed by atoms with Gasteiger partial charge in [0.1, 0.15) is 5.82 Å². The van der Waals surface area contributed by atoms with Gasteiger partial charge in [0.05, 0.1) is 12.2 Å². The fourth-order valence-corrected chi connectivity index (χ4v) is 3.30. The fourth-order valence-electron chi connectivity index (χ4n) is 3.30. The summed E-state index contributed by atoms with van der Waals surface area (Å²) in [6, 6.07) is 6.51. The quantitative estimate of drug-likeness (QED) is 0.745. The molecule has 2 N–H and O–H groups in total. The van der Waals surface area contributed by atoms with Gasteiger partial charge < -0.3 is 10.2 Å². The highest BCUT2D eigenvalue weighted by molar-refractivity contribution is 5.16. The first-order valence-electron chi connectivity index (χ1n) is 8.42. The maximum atomic E-state index is 12.8. The normalized spacial score (nSPS) is 26.1. The summed E-state index contributed by atoms with van der Waals surface area (Å²) in [6.45, 7) is 6.10. The van der Waals surface area contributed by atoms with Gasteiger partial charge in [0.2, 0.25) is 0 Å². The SMILES string of the molecule is C=C1CC(O)C(CCC(O)C=CCCc2ccc(F)cc2)C1C. The molecule has 3 heteroatoms. The molecule has 0 bridgehead atoms. The first-order chi connectivity index (χ1) is 11.0. The summed E-state index contributed by atoms with van der Waals surface area (Å²) in [5, 5.41) is 20.1. The van der Waals surface area contributed by atoms with E-state index in [4.69, 9.17) is 0 Å². The third-order valence-electron chi connectivity index (χ3n) is 4.92. The summed E-state index contributed by atoms with van der Waals surface area (Å²) in [6.07, 6.45) is 6.82. The van der Waals surface area contributed by atoms with Gasteiger partial charge >= 0.3 is 0 Å². The second-order valence-corrected chi connectivity index (χ2v) is 6.62. The average Bonchev–Trinajstić information content (AvgIpc) is 2.76. The number of hydrogen-bond acceptors (Lipinski definition) is 2. The lowest BCUT2D eigenvalue weighted by Crippen LogP contribution is -2.19. The van der Waals surface area contributed by atoms with Crippen molar-refractivity contribution in [2.45, 2.75) is 51.2 Å². The second kappa shape index (κ2) is 8.42. The van der Waals surface area contributed by atoms with Crippen LogP contribution < -0.4 is 0 Å². The molecule has 23 heavy (non-hydrogen) atoms. The van der Waals surface area contributed by atoms with Gasteiger partial charge in [-0.1, -0.05) is 43.4 Å². The molecule has 1 aromatic rings. The molecule has 126 valence electrons. The molecule has 1 saturated carbocycles. The number of aryl methyl sites for hydroxylation is 1. The molecule has 1 aromatic carbocycles. The third-order valence-corrected chi connectivity index (χ3v) is 4.92. The van der Waals surface area contributed by atoms with Gasteiger partial charge in [0, 0.05) is 0 Å². The van der Waals surface area contributed by atoms with Gasteiger partial charge in [-0.2, -0.15) is 0 Å². The van der Waals surface area contributed by atoms with Crippen molar-refractivity contribution in [1.29, 1.82) is 0 Å². The van der Waals surface area contributed by atoms with E-state index in [1.54, 1.807) is 12.1 Å². The van der Waals surface area contributed by atoms with Crippen molar-refractivity contribution in [3.63, 3.8) is 0 Å². The van der Waals surface area contributed by atoms with Crippen molar-refractivity contribution in [2.24, 2.45) is 11.8 Å². The topological polar surface area (TPSA) is 40.5 Å². The maximum absolute atomic E-state index is 12.8. The number of aliphatic hydroxyl groups excluding tert-OH is 2. The molecule has 0 spiro atoms.